The molecule has 118 valence electrons. The summed E-state index contributed by atoms with van der Waals surface area (Å²) in [5.74, 6) is 1.90. The van der Waals surface area contributed by atoms with E-state index in [0.717, 1.165) is 22.9 Å². The van der Waals surface area contributed by atoms with Crippen LogP contribution in [0.2, 0.25) is 0 Å². The van der Waals surface area contributed by atoms with Gasteiger partial charge in [0.2, 0.25) is 0 Å². The zero-order valence-electron chi connectivity index (χ0n) is 12.0. The van der Waals surface area contributed by atoms with Crippen molar-refractivity contribution in [2.75, 3.05) is 5.12 Å². The van der Waals surface area contributed by atoms with Gasteiger partial charge in [0.25, 0.3) is 5.84 Å². The zero-order valence-corrected chi connectivity index (χ0v) is 15.2. The van der Waals surface area contributed by atoms with Gasteiger partial charge in [0, 0.05) is 16.4 Å². The molecule has 0 atom stereocenters. The van der Waals surface area contributed by atoms with Crippen molar-refractivity contribution in [2.45, 2.75) is 0 Å². The maximum absolute atomic E-state index is 4.76. The first-order valence-electron chi connectivity index (χ1n) is 6.83. The zero-order chi connectivity index (χ0) is 14.8. The van der Waals surface area contributed by atoms with E-state index in [1.165, 1.54) is 0 Å². The highest BCUT2D eigenvalue weighted by Gasteiger charge is 2.33. The lowest BCUT2D eigenvalue weighted by atomic mass is 10.2. The number of hydrazine groups is 1. The van der Waals surface area contributed by atoms with E-state index in [1.54, 1.807) is 21.8 Å². The van der Waals surface area contributed by atoms with Crippen molar-refractivity contribution >= 4 is 33.3 Å². The van der Waals surface area contributed by atoms with Gasteiger partial charge in [0.1, 0.15) is 5.69 Å². The van der Waals surface area contributed by atoms with Crippen LogP contribution in [0.25, 0.3) is 0 Å². The predicted molar refractivity (Wildman–Crippen MR) is 92.1 cm³/mol. The Hall–Kier alpha value is -1.61. The number of anilines is 1. The van der Waals surface area contributed by atoms with Crippen molar-refractivity contribution in [1.29, 1.82) is 0 Å². The number of para-hydroxylation sites is 1. The van der Waals surface area contributed by atoms with E-state index in [2.05, 4.69) is 39.8 Å². The average Bonchev–Trinajstić information content (AvgIpc) is 3.26. The Kier molecular flexibility index (Phi) is 5.16. The number of rotatable bonds is 3. The molecule has 0 fully saturated rings. The van der Waals surface area contributed by atoms with Crippen LogP contribution in [0.1, 0.15) is 5.56 Å². The van der Waals surface area contributed by atoms with Gasteiger partial charge in [-0.3, -0.25) is 0 Å². The van der Waals surface area contributed by atoms with Crippen LogP contribution >= 0.6 is 21.8 Å². The summed E-state index contributed by atoms with van der Waals surface area (Å²) in [6.07, 6.45) is 0. The molecule has 2 heterocycles. The molecule has 3 N–H and O–H groups in total. The Morgan fingerprint density at radius 3 is 2.30 bits per heavy atom. The third kappa shape index (κ3) is 3.35. The predicted octanol–water partition coefficient (Wildman–Crippen LogP) is -0.734. The third-order valence-corrected chi connectivity index (χ3v) is 4.85. The minimum Gasteiger partial charge on any atom is -1.00 e. The normalized spacial score (nSPS) is 16.5. The molecule has 0 amide bonds. The quantitative estimate of drug-likeness (QED) is 0.399. The van der Waals surface area contributed by atoms with Crippen molar-refractivity contribution in [2.24, 2.45) is 5.10 Å². The lowest BCUT2D eigenvalue weighted by Gasteiger charge is -2.23. The summed E-state index contributed by atoms with van der Waals surface area (Å²) in [4.78, 5) is 0. The van der Waals surface area contributed by atoms with Gasteiger partial charge in [0.05, 0.1) is 5.56 Å². The highest BCUT2D eigenvalue weighted by atomic mass is 79.9. The van der Waals surface area contributed by atoms with E-state index >= 15 is 0 Å². The van der Waals surface area contributed by atoms with Crippen LogP contribution < -0.4 is 32.2 Å². The Morgan fingerprint density at radius 2 is 1.65 bits per heavy atom. The summed E-state index contributed by atoms with van der Waals surface area (Å²) in [7, 11) is 3.24. The number of benzene rings is 2. The molecule has 8 heteroatoms. The van der Waals surface area contributed by atoms with Crippen LogP contribution in [0.3, 0.4) is 0 Å². The third-order valence-electron chi connectivity index (χ3n) is 3.31. The molecule has 0 unspecified atom stereocenters. The topological polar surface area (TPSA) is 47.5 Å². The molecule has 4 rings (SSSR count). The number of nitrogens with one attached hydrogen (secondary N) is 1. The molecule has 0 aromatic heterocycles. The molecule has 2 aliphatic rings. The summed E-state index contributed by atoms with van der Waals surface area (Å²) in [5.41, 5.74) is 4.23. The first-order chi connectivity index (χ1) is 10.9. The molecule has 2 aliphatic heterocycles. The molecule has 0 spiro atoms. The van der Waals surface area contributed by atoms with Crippen molar-refractivity contribution in [3.05, 3.63) is 77.5 Å². The molecule has 0 aliphatic carbocycles. The fourth-order valence-corrected chi connectivity index (χ4v) is 3.73. The van der Waals surface area contributed by atoms with E-state index in [-0.39, 0.29) is 17.0 Å². The van der Waals surface area contributed by atoms with Crippen LogP contribution in [-0.4, -0.2) is 11.0 Å². The molecule has 2 aromatic carbocycles. The summed E-state index contributed by atoms with van der Waals surface area (Å²) >= 11 is 0. The van der Waals surface area contributed by atoms with Gasteiger partial charge in [-0.05, 0) is 35.1 Å². The van der Waals surface area contributed by atoms with Crippen molar-refractivity contribution in [3.63, 3.8) is 0 Å². The molecular formula is C15H14BrN5S2. The second kappa shape index (κ2) is 7.31. The molecular weight excluding hydrogens is 394 g/mol. The number of halogens is 1. The summed E-state index contributed by atoms with van der Waals surface area (Å²) in [5, 5.41) is 10.8. The number of nitrogens with zero attached hydrogens (tertiary/aromatic N) is 3. The minimum absolute atomic E-state index is 0. The van der Waals surface area contributed by atoms with Gasteiger partial charge in [-0.2, -0.15) is 5.43 Å². The summed E-state index contributed by atoms with van der Waals surface area (Å²) in [6.45, 7) is 0. The van der Waals surface area contributed by atoms with Gasteiger partial charge in [0.15, 0.2) is 5.82 Å². The maximum Gasteiger partial charge on any atom is 0.277 e. The Labute approximate surface area is 153 Å². The van der Waals surface area contributed by atoms with Gasteiger partial charge in [-0.15, -0.1) is 10.2 Å². The van der Waals surface area contributed by atoms with Gasteiger partial charge < -0.3 is 21.7 Å². The van der Waals surface area contributed by atoms with Crippen molar-refractivity contribution < 1.29 is 22.4 Å². The Balaban J connectivity index is 0.00000156. The molecule has 0 saturated heterocycles. The van der Waals surface area contributed by atoms with Gasteiger partial charge >= 0.3 is 0 Å². The van der Waals surface area contributed by atoms with Crippen LogP contribution in [0.5, 0.6) is 0 Å². The average molecular weight is 408 g/mol. The van der Waals surface area contributed by atoms with Crippen molar-refractivity contribution in [1.82, 2.24) is 9.84 Å². The molecule has 2 aromatic rings. The largest absolute Gasteiger partial charge is 1.00 e. The van der Waals surface area contributed by atoms with Gasteiger partial charge in [-0.25, -0.2) is 0 Å². The SMILES string of the molecule is C1=C(N2N=C(c3ccccc3)[NH2+]N2c2ccccc2)NSS1.[Br-]. The first kappa shape index (κ1) is 16.3. The monoisotopic (exact) mass is 407 g/mol. The number of amidine groups is 1. The van der Waals surface area contributed by atoms with E-state index in [0.29, 0.717) is 0 Å². The van der Waals surface area contributed by atoms with Crippen LogP contribution in [-0.2, 0) is 0 Å². The fourth-order valence-electron chi connectivity index (χ4n) is 2.27. The van der Waals surface area contributed by atoms with Crippen molar-refractivity contribution in [3.8, 4) is 0 Å². The van der Waals surface area contributed by atoms with Crippen LogP contribution in [0.4, 0.5) is 5.69 Å². The highest BCUT2D eigenvalue weighted by molar-refractivity contribution is 8.77. The van der Waals surface area contributed by atoms with E-state index in [4.69, 9.17) is 5.10 Å². The van der Waals surface area contributed by atoms with Crippen LogP contribution in [0, 0.1) is 0 Å². The molecule has 0 saturated carbocycles. The van der Waals surface area contributed by atoms with E-state index < -0.39 is 0 Å². The number of hydrogen-bond donors (Lipinski definition) is 2. The first-order valence-corrected chi connectivity index (χ1v) is 9.05. The summed E-state index contributed by atoms with van der Waals surface area (Å²) < 4.78 is 3.27. The highest BCUT2D eigenvalue weighted by Crippen LogP contribution is 2.31. The van der Waals surface area contributed by atoms with Crippen LogP contribution in [0.15, 0.2) is 77.0 Å². The molecule has 5 nitrogen and oxygen atoms in total. The lowest BCUT2D eigenvalue weighted by Crippen LogP contribution is -3.00. The molecule has 23 heavy (non-hydrogen) atoms. The standard InChI is InChI=1S/C15H13N5S2.BrH/c1-3-7-12(8-4-1)15-16-19(13-9-5-2-6-10-13)20(17-15)14-11-21-22-18-14;/h1-11,18H,(H,16,17);1H. The number of hydrazone groups is 1. The van der Waals surface area contributed by atoms with E-state index in [1.807, 2.05) is 46.6 Å². The summed E-state index contributed by atoms with van der Waals surface area (Å²) in [6, 6.07) is 20.4. The minimum atomic E-state index is 0. The molecule has 0 bridgehead atoms. The smallest absolute Gasteiger partial charge is 0.277 e. The molecule has 0 radical (unpaired) electrons. The van der Waals surface area contributed by atoms with Gasteiger partial charge in [-0.1, -0.05) is 41.5 Å². The number of hydrogen-bond acceptors (Lipinski definition) is 6. The second-order valence-corrected chi connectivity index (χ2v) is 6.61. The lowest BCUT2D eigenvalue weighted by molar-refractivity contribution is -0.563. The second-order valence-electron chi connectivity index (χ2n) is 4.73. The number of quaternary nitrogens is 1. The Bertz CT molecular complexity index is 723. The Morgan fingerprint density at radius 1 is 0.957 bits per heavy atom. The van der Waals surface area contributed by atoms with E-state index in [9.17, 15) is 0 Å². The maximum atomic E-state index is 4.76. The fraction of sp³-hybridized carbons (Fsp3) is 0. The number of nitrogens with two attached hydrogens (primary N) is 1.